The zero-order valence-corrected chi connectivity index (χ0v) is 20.0. The summed E-state index contributed by atoms with van der Waals surface area (Å²) in [5.74, 6) is -0.416. The van der Waals surface area contributed by atoms with Gasteiger partial charge >= 0.3 is 11.9 Å². The lowest BCUT2D eigenvalue weighted by molar-refractivity contribution is -0.139. The van der Waals surface area contributed by atoms with Crippen molar-refractivity contribution < 1.29 is 28.9 Å². The van der Waals surface area contributed by atoms with Gasteiger partial charge in [-0.2, -0.15) is 0 Å². The second kappa shape index (κ2) is 12.0. The van der Waals surface area contributed by atoms with E-state index in [2.05, 4.69) is 20.9 Å². The fourth-order valence-corrected chi connectivity index (χ4v) is 3.31. The molecule has 2 atom stereocenters. The summed E-state index contributed by atoms with van der Waals surface area (Å²) in [6.07, 6.45) is 5.12. The van der Waals surface area contributed by atoms with E-state index in [-0.39, 0.29) is 11.7 Å². The molecule has 0 bridgehead atoms. The highest BCUT2D eigenvalue weighted by atomic mass is 79.9. The number of carboxylic acid groups (broad SMARTS) is 1. The third kappa shape index (κ3) is 6.95. The highest BCUT2D eigenvalue weighted by Gasteiger charge is 2.22. The topological polar surface area (TPSA) is 94.4 Å². The molecule has 2 aromatic carbocycles. The maximum atomic E-state index is 12.3. The van der Waals surface area contributed by atoms with Crippen LogP contribution in [0.2, 0.25) is 0 Å². The minimum absolute atomic E-state index is 0.105. The van der Waals surface area contributed by atoms with Gasteiger partial charge in [-0.25, -0.2) is 9.59 Å². The van der Waals surface area contributed by atoms with Gasteiger partial charge in [0.1, 0.15) is 11.8 Å². The maximum absolute atomic E-state index is 12.3. The van der Waals surface area contributed by atoms with Gasteiger partial charge in [0.2, 0.25) is 0 Å². The molecule has 0 aliphatic rings. The van der Waals surface area contributed by atoms with Gasteiger partial charge in [0.05, 0.1) is 18.7 Å². The number of ether oxygens (including phenoxy) is 3. The number of hydrogen-bond acceptors (Lipinski definition) is 6. The van der Waals surface area contributed by atoms with Crippen molar-refractivity contribution in [2.45, 2.75) is 26.3 Å². The molecule has 2 unspecified atom stereocenters. The lowest BCUT2D eigenvalue weighted by Gasteiger charge is -2.14. The lowest BCUT2D eigenvalue weighted by atomic mass is 10.00. The number of hydrogen-bond donors (Lipinski definition) is 1. The van der Waals surface area contributed by atoms with Crippen LogP contribution in [-0.4, -0.2) is 43.5 Å². The van der Waals surface area contributed by atoms with Crippen LogP contribution in [0.15, 0.2) is 51.9 Å². The van der Waals surface area contributed by atoms with E-state index in [0.717, 1.165) is 11.3 Å². The minimum Gasteiger partial charge on any atom is -0.497 e. The van der Waals surface area contributed by atoms with Crippen molar-refractivity contribution in [3.63, 3.8) is 0 Å². The van der Waals surface area contributed by atoms with Crippen LogP contribution in [0.5, 0.6) is 17.2 Å². The van der Waals surface area contributed by atoms with Crippen molar-refractivity contribution in [2.75, 3.05) is 14.2 Å². The smallest absolute Gasteiger partial charge is 0.336 e. The molecule has 7 nitrogen and oxygen atoms in total. The molecule has 2 aromatic rings. The minimum atomic E-state index is -0.976. The summed E-state index contributed by atoms with van der Waals surface area (Å²) in [7, 11) is 3.03. The van der Waals surface area contributed by atoms with E-state index in [1.54, 1.807) is 37.5 Å². The first kappa shape index (κ1) is 25.1. The number of aliphatic carboxylic acids is 1. The summed E-state index contributed by atoms with van der Waals surface area (Å²) in [5.41, 5.74) is 1.42. The first-order valence-electron chi connectivity index (χ1n) is 9.96. The first-order valence-corrected chi connectivity index (χ1v) is 10.8. The van der Waals surface area contributed by atoms with Gasteiger partial charge in [0.15, 0.2) is 11.5 Å². The molecule has 32 heavy (non-hydrogen) atoms. The van der Waals surface area contributed by atoms with Crippen LogP contribution in [0.1, 0.15) is 31.4 Å². The van der Waals surface area contributed by atoms with Gasteiger partial charge in [-0.15, -0.1) is 0 Å². The molecule has 0 aromatic heterocycles. The number of esters is 1. The molecule has 1 N–H and O–H groups in total. The third-order valence-electron chi connectivity index (χ3n) is 4.80. The summed E-state index contributed by atoms with van der Waals surface area (Å²) in [4.78, 5) is 28.0. The molecular formula is C24H26BrNO6. The van der Waals surface area contributed by atoms with Crippen LogP contribution >= 0.6 is 15.9 Å². The number of rotatable bonds is 10. The average Bonchev–Trinajstić information content (AvgIpc) is 2.79. The fourth-order valence-electron chi connectivity index (χ4n) is 2.77. The van der Waals surface area contributed by atoms with Crippen LogP contribution in [0.3, 0.4) is 0 Å². The zero-order chi connectivity index (χ0) is 23.7. The molecule has 0 amide bonds. The van der Waals surface area contributed by atoms with Crippen molar-refractivity contribution in [3.8, 4) is 17.2 Å². The molecule has 0 radical (unpaired) electrons. The predicted octanol–water partition coefficient (Wildman–Crippen LogP) is 5.00. The SMILES string of the molecule is CCC(C)C(N=Cc1cc(Br)c(OC(=O)/C=C/c2ccc(OC)cc2)c(OC)c1)C(=O)O. The first-order chi connectivity index (χ1) is 15.3. The Morgan fingerprint density at radius 3 is 2.38 bits per heavy atom. The number of carboxylic acids is 1. The van der Waals surface area contributed by atoms with E-state index < -0.39 is 18.0 Å². The number of benzene rings is 2. The second-order valence-corrected chi connectivity index (χ2v) is 7.86. The summed E-state index contributed by atoms with van der Waals surface area (Å²) in [6.45, 7) is 3.76. The fraction of sp³-hybridized carbons (Fsp3) is 0.292. The third-order valence-corrected chi connectivity index (χ3v) is 5.39. The number of nitrogens with zero attached hydrogens (tertiary/aromatic N) is 1. The molecule has 0 saturated heterocycles. The molecule has 170 valence electrons. The van der Waals surface area contributed by atoms with Crippen molar-refractivity contribution in [2.24, 2.45) is 10.9 Å². The Hall–Kier alpha value is -3.13. The van der Waals surface area contributed by atoms with Crippen molar-refractivity contribution >= 4 is 40.2 Å². The number of carbonyl (C=O) groups is 2. The molecule has 0 fully saturated rings. The Bertz CT molecular complexity index is 1000. The standard InChI is InChI=1S/C24H26BrNO6/c1-5-15(2)22(24(28)29)26-14-17-12-19(25)23(20(13-17)31-4)32-21(27)11-8-16-6-9-18(30-3)10-7-16/h6-15,22H,5H2,1-4H3,(H,28,29)/b11-8+,26-14?. The van der Waals surface area contributed by atoms with Gasteiger partial charge in [0, 0.05) is 12.3 Å². The number of halogens is 1. The van der Waals surface area contributed by atoms with E-state index >= 15 is 0 Å². The van der Waals surface area contributed by atoms with Gasteiger partial charge in [0.25, 0.3) is 0 Å². The Morgan fingerprint density at radius 2 is 1.81 bits per heavy atom. The van der Waals surface area contributed by atoms with E-state index in [4.69, 9.17) is 14.2 Å². The van der Waals surface area contributed by atoms with Crippen LogP contribution < -0.4 is 14.2 Å². The molecule has 0 spiro atoms. The van der Waals surface area contributed by atoms with Gasteiger partial charge < -0.3 is 19.3 Å². The highest BCUT2D eigenvalue weighted by molar-refractivity contribution is 9.10. The summed E-state index contributed by atoms with van der Waals surface area (Å²) >= 11 is 3.38. The van der Waals surface area contributed by atoms with Gasteiger partial charge in [-0.1, -0.05) is 32.4 Å². The maximum Gasteiger partial charge on any atom is 0.336 e. The van der Waals surface area contributed by atoms with Crippen LogP contribution in [-0.2, 0) is 9.59 Å². The molecular weight excluding hydrogens is 478 g/mol. The largest absolute Gasteiger partial charge is 0.497 e. The van der Waals surface area contributed by atoms with Crippen molar-refractivity contribution in [1.29, 1.82) is 0 Å². The number of aliphatic imine (C=N–C) groups is 1. The molecule has 0 aliphatic carbocycles. The zero-order valence-electron chi connectivity index (χ0n) is 18.4. The predicted molar refractivity (Wildman–Crippen MR) is 127 cm³/mol. The van der Waals surface area contributed by atoms with Crippen molar-refractivity contribution in [1.82, 2.24) is 0 Å². The molecule has 0 heterocycles. The van der Waals surface area contributed by atoms with Crippen molar-refractivity contribution in [3.05, 3.63) is 58.1 Å². The normalized spacial score (nSPS) is 13.2. The average molecular weight is 504 g/mol. The van der Waals surface area contributed by atoms with Gasteiger partial charge in [-0.05, 0) is 63.3 Å². The Balaban J connectivity index is 2.18. The van der Waals surface area contributed by atoms with E-state index in [1.807, 2.05) is 26.0 Å². The van der Waals surface area contributed by atoms with Crippen LogP contribution in [0.25, 0.3) is 6.08 Å². The Kier molecular flexibility index (Phi) is 9.46. The van der Waals surface area contributed by atoms with Crippen LogP contribution in [0, 0.1) is 5.92 Å². The monoisotopic (exact) mass is 503 g/mol. The second-order valence-electron chi connectivity index (χ2n) is 7.01. The molecule has 0 aliphatic heterocycles. The summed E-state index contributed by atoms with van der Waals surface area (Å²) < 4.78 is 16.4. The Labute approximate surface area is 195 Å². The summed E-state index contributed by atoms with van der Waals surface area (Å²) in [6, 6.07) is 9.68. The quantitative estimate of drug-likeness (QED) is 0.212. The molecule has 2 rings (SSSR count). The van der Waals surface area contributed by atoms with E-state index in [0.29, 0.717) is 22.2 Å². The Morgan fingerprint density at radius 1 is 1.12 bits per heavy atom. The number of carbonyl (C=O) groups excluding carboxylic acids is 1. The van der Waals surface area contributed by atoms with E-state index in [9.17, 15) is 14.7 Å². The number of methoxy groups -OCH3 is 2. The van der Waals surface area contributed by atoms with Gasteiger partial charge in [-0.3, -0.25) is 4.99 Å². The molecule has 0 saturated carbocycles. The van der Waals surface area contributed by atoms with E-state index in [1.165, 1.54) is 19.4 Å². The summed E-state index contributed by atoms with van der Waals surface area (Å²) in [5, 5.41) is 9.39. The highest BCUT2D eigenvalue weighted by Crippen LogP contribution is 2.36. The molecule has 8 heteroatoms. The van der Waals surface area contributed by atoms with Crippen LogP contribution in [0.4, 0.5) is 0 Å². The lowest BCUT2D eigenvalue weighted by Crippen LogP contribution is -2.25.